The molecule has 0 saturated carbocycles. The van der Waals surface area contributed by atoms with E-state index in [9.17, 15) is 4.79 Å². The highest BCUT2D eigenvalue weighted by Gasteiger charge is 2.12. The fraction of sp³-hybridized carbons (Fsp3) is 0.429. The molecule has 19 heavy (non-hydrogen) atoms. The second kappa shape index (κ2) is 5.84. The average Bonchev–Trinajstić information content (AvgIpc) is 2.84. The Morgan fingerprint density at radius 3 is 2.79 bits per heavy atom. The molecule has 2 aromatic rings. The first-order valence-corrected chi connectivity index (χ1v) is 6.41. The Hall–Kier alpha value is -1.88. The number of aromatic nitrogens is 2. The van der Waals surface area contributed by atoms with Gasteiger partial charge in [0.1, 0.15) is 0 Å². The minimum Gasteiger partial charge on any atom is -0.342 e. The van der Waals surface area contributed by atoms with E-state index in [4.69, 9.17) is 0 Å². The number of aromatic amines is 1. The summed E-state index contributed by atoms with van der Waals surface area (Å²) >= 11 is 0. The molecule has 0 aliphatic heterocycles. The maximum Gasteiger partial charge on any atom is 0.253 e. The highest BCUT2D eigenvalue weighted by atomic mass is 16.2. The minimum atomic E-state index is 0.0512. The quantitative estimate of drug-likeness (QED) is 0.888. The lowest BCUT2D eigenvalue weighted by Crippen LogP contribution is -2.29. The van der Waals surface area contributed by atoms with E-state index in [0.29, 0.717) is 5.56 Å². The molecule has 1 amide bonds. The van der Waals surface area contributed by atoms with Crippen molar-refractivity contribution in [3.05, 3.63) is 30.0 Å². The molecule has 1 aromatic heterocycles. The van der Waals surface area contributed by atoms with Crippen LogP contribution >= 0.6 is 0 Å². The predicted molar refractivity (Wildman–Crippen MR) is 76.2 cm³/mol. The second-order valence-electron chi connectivity index (χ2n) is 5.06. The van der Waals surface area contributed by atoms with E-state index in [-0.39, 0.29) is 5.91 Å². The van der Waals surface area contributed by atoms with Crippen LogP contribution in [0.25, 0.3) is 10.9 Å². The third-order valence-electron chi connectivity index (χ3n) is 3.13. The van der Waals surface area contributed by atoms with Crippen molar-refractivity contribution in [3.8, 4) is 0 Å². The molecule has 102 valence electrons. The molecule has 1 aromatic carbocycles. The third kappa shape index (κ3) is 3.32. The van der Waals surface area contributed by atoms with Gasteiger partial charge in [-0.3, -0.25) is 9.89 Å². The summed E-state index contributed by atoms with van der Waals surface area (Å²) in [5.41, 5.74) is 1.59. The smallest absolute Gasteiger partial charge is 0.253 e. The summed E-state index contributed by atoms with van der Waals surface area (Å²) in [6, 6.07) is 5.62. The van der Waals surface area contributed by atoms with Gasteiger partial charge in [0.05, 0.1) is 11.7 Å². The Kier molecular flexibility index (Phi) is 4.16. The van der Waals surface area contributed by atoms with Crippen molar-refractivity contribution in [1.82, 2.24) is 20.0 Å². The zero-order chi connectivity index (χ0) is 13.8. The van der Waals surface area contributed by atoms with Gasteiger partial charge in [-0.25, -0.2) is 0 Å². The highest BCUT2D eigenvalue weighted by Crippen LogP contribution is 2.14. The lowest BCUT2D eigenvalue weighted by molar-refractivity contribution is 0.0791. The number of hydrogen-bond donors (Lipinski definition) is 1. The molecule has 0 spiro atoms. The average molecular weight is 260 g/mol. The maximum absolute atomic E-state index is 12.3. The van der Waals surface area contributed by atoms with Crippen molar-refractivity contribution in [2.75, 3.05) is 34.2 Å². The van der Waals surface area contributed by atoms with Gasteiger partial charge >= 0.3 is 0 Å². The van der Waals surface area contributed by atoms with Crippen LogP contribution < -0.4 is 0 Å². The zero-order valence-electron chi connectivity index (χ0n) is 11.7. The van der Waals surface area contributed by atoms with Crippen molar-refractivity contribution < 1.29 is 4.79 Å². The molecule has 0 radical (unpaired) electrons. The van der Waals surface area contributed by atoms with E-state index < -0.39 is 0 Å². The summed E-state index contributed by atoms with van der Waals surface area (Å²) in [6.45, 7) is 1.75. The number of nitrogens with one attached hydrogen (secondary N) is 1. The van der Waals surface area contributed by atoms with E-state index >= 15 is 0 Å². The van der Waals surface area contributed by atoms with E-state index in [1.807, 2.05) is 39.3 Å². The van der Waals surface area contributed by atoms with Crippen molar-refractivity contribution in [3.63, 3.8) is 0 Å². The van der Waals surface area contributed by atoms with Gasteiger partial charge < -0.3 is 9.80 Å². The molecule has 0 aliphatic rings. The van der Waals surface area contributed by atoms with E-state index in [1.54, 1.807) is 11.1 Å². The lowest BCUT2D eigenvalue weighted by atomic mass is 10.1. The van der Waals surface area contributed by atoms with E-state index in [0.717, 1.165) is 30.4 Å². The van der Waals surface area contributed by atoms with Crippen LogP contribution in [0, 0.1) is 0 Å². The highest BCUT2D eigenvalue weighted by molar-refractivity contribution is 5.97. The number of amides is 1. The summed E-state index contributed by atoms with van der Waals surface area (Å²) in [7, 11) is 5.91. The lowest BCUT2D eigenvalue weighted by Gasteiger charge is -2.18. The summed E-state index contributed by atoms with van der Waals surface area (Å²) in [5.74, 6) is 0.0512. The third-order valence-corrected chi connectivity index (χ3v) is 3.13. The molecule has 2 rings (SSSR count). The SMILES string of the molecule is CN(C)CCCN(C)C(=O)c1ccc2cn[nH]c2c1. The van der Waals surface area contributed by atoms with Crippen LogP contribution in [-0.2, 0) is 0 Å². The first kappa shape index (κ1) is 13.5. The molecule has 0 atom stereocenters. The Morgan fingerprint density at radius 2 is 2.05 bits per heavy atom. The number of carbonyl (C=O) groups excluding carboxylic acids is 1. The largest absolute Gasteiger partial charge is 0.342 e. The van der Waals surface area contributed by atoms with E-state index in [2.05, 4.69) is 15.1 Å². The van der Waals surface area contributed by atoms with Gasteiger partial charge in [-0.05, 0) is 39.2 Å². The Labute approximate surface area is 113 Å². The molecule has 0 fully saturated rings. The van der Waals surface area contributed by atoms with Crippen LogP contribution in [0.4, 0.5) is 0 Å². The number of hydrogen-bond acceptors (Lipinski definition) is 3. The van der Waals surface area contributed by atoms with Gasteiger partial charge in [0.2, 0.25) is 0 Å². The standard InChI is InChI=1S/C14H20N4O/c1-17(2)7-4-8-18(3)14(19)11-5-6-12-10-15-16-13(12)9-11/h5-6,9-10H,4,7-8H2,1-3H3,(H,15,16). The number of nitrogens with zero attached hydrogens (tertiary/aromatic N) is 3. The van der Waals surface area contributed by atoms with Crippen LogP contribution in [-0.4, -0.2) is 60.1 Å². The molecule has 5 heteroatoms. The predicted octanol–water partition coefficient (Wildman–Crippen LogP) is 1.59. The van der Waals surface area contributed by atoms with Crippen LogP contribution in [0.5, 0.6) is 0 Å². The van der Waals surface area contributed by atoms with E-state index in [1.165, 1.54) is 0 Å². The van der Waals surface area contributed by atoms with Gasteiger partial charge in [-0.1, -0.05) is 6.07 Å². The zero-order valence-corrected chi connectivity index (χ0v) is 11.7. The van der Waals surface area contributed by atoms with Gasteiger partial charge in [-0.2, -0.15) is 5.10 Å². The van der Waals surface area contributed by atoms with Gasteiger partial charge in [0.25, 0.3) is 5.91 Å². The first-order valence-electron chi connectivity index (χ1n) is 6.41. The molecule has 1 N–H and O–H groups in total. The molecular formula is C14H20N4O. The maximum atomic E-state index is 12.3. The first-order chi connectivity index (χ1) is 9.08. The number of fused-ring (bicyclic) bond motifs is 1. The fourth-order valence-corrected chi connectivity index (χ4v) is 2.02. The topological polar surface area (TPSA) is 52.2 Å². The molecule has 5 nitrogen and oxygen atoms in total. The van der Waals surface area contributed by atoms with Crippen LogP contribution in [0.2, 0.25) is 0 Å². The van der Waals surface area contributed by atoms with Crippen LogP contribution in [0.1, 0.15) is 16.8 Å². The van der Waals surface area contributed by atoms with Crippen LogP contribution in [0.15, 0.2) is 24.4 Å². The van der Waals surface area contributed by atoms with Gasteiger partial charge in [0.15, 0.2) is 0 Å². The van der Waals surface area contributed by atoms with Gasteiger partial charge in [0, 0.05) is 24.5 Å². The monoisotopic (exact) mass is 260 g/mol. The van der Waals surface area contributed by atoms with Crippen molar-refractivity contribution >= 4 is 16.8 Å². The molecule has 0 aliphatic carbocycles. The number of carbonyl (C=O) groups is 1. The molecule has 0 bridgehead atoms. The Morgan fingerprint density at radius 1 is 1.26 bits per heavy atom. The van der Waals surface area contributed by atoms with Crippen molar-refractivity contribution in [2.45, 2.75) is 6.42 Å². The van der Waals surface area contributed by atoms with Crippen molar-refractivity contribution in [1.29, 1.82) is 0 Å². The number of H-pyrrole nitrogens is 1. The molecule has 0 saturated heterocycles. The number of benzene rings is 1. The molecular weight excluding hydrogens is 240 g/mol. The van der Waals surface area contributed by atoms with Crippen molar-refractivity contribution in [2.24, 2.45) is 0 Å². The minimum absolute atomic E-state index is 0.0512. The normalized spacial score (nSPS) is 11.2. The molecule has 0 unspecified atom stereocenters. The Bertz CT molecular complexity index is 561. The summed E-state index contributed by atoms with van der Waals surface area (Å²) in [6.07, 6.45) is 2.73. The summed E-state index contributed by atoms with van der Waals surface area (Å²) in [4.78, 5) is 16.1. The van der Waals surface area contributed by atoms with Crippen LogP contribution in [0.3, 0.4) is 0 Å². The molecule has 1 heterocycles. The fourth-order valence-electron chi connectivity index (χ4n) is 2.02. The number of rotatable bonds is 5. The summed E-state index contributed by atoms with van der Waals surface area (Å²) in [5, 5.41) is 7.86. The summed E-state index contributed by atoms with van der Waals surface area (Å²) < 4.78 is 0. The van der Waals surface area contributed by atoms with Gasteiger partial charge in [-0.15, -0.1) is 0 Å². The second-order valence-corrected chi connectivity index (χ2v) is 5.06. The Balaban J connectivity index is 2.01.